The third-order valence-corrected chi connectivity index (χ3v) is 4.74. The first-order chi connectivity index (χ1) is 13.3. The third-order valence-electron chi connectivity index (χ3n) is 2.47. The van der Waals surface area contributed by atoms with Crippen LogP contribution in [0.25, 0.3) is 0 Å². The summed E-state index contributed by atoms with van der Waals surface area (Å²) in [6, 6.07) is -1.29. The number of aromatic nitrogens is 1. The molecule has 12 N–H and O–H groups in total. The topological polar surface area (TPSA) is 276 Å². The van der Waals surface area contributed by atoms with Gasteiger partial charge in [0.25, 0.3) is 0 Å². The highest BCUT2D eigenvalue weighted by molar-refractivity contribution is 7.98. The van der Waals surface area contributed by atoms with Crippen LogP contribution in [-0.2, 0) is 25.6 Å². The van der Waals surface area contributed by atoms with E-state index in [0.29, 0.717) is 23.1 Å². The van der Waals surface area contributed by atoms with Crippen LogP contribution in [0.1, 0.15) is 18.5 Å². The Morgan fingerprint density at radius 1 is 1.28 bits per heavy atom. The first kappa shape index (κ1) is 26.5. The first-order valence-electron chi connectivity index (χ1n) is 7.49. The average Bonchev–Trinajstić information content (AvgIpc) is 2.96. The molecular weight excluding hydrogens is 448 g/mol. The maximum absolute atomic E-state index is 10.6. The van der Waals surface area contributed by atoms with Crippen molar-refractivity contribution in [1.82, 2.24) is 4.98 Å². The molecule has 0 aliphatic carbocycles. The van der Waals surface area contributed by atoms with Gasteiger partial charge >= 0.3 is 22.1 Å². The molecule has 0 aromatic carbocycles. The zero-order chi connectivity index (χ0) is 22.6. The van der Waals surface area contributed by atoms with Crippen molar-refractivity contribution < 1.29 is 28.2 Å². The van der Waals surface area contributed by atoms with Crippen LogP contribution in [0, 0.1) is 0 Å². The zero-order valence-corrected chi connectivity index (χ0v) is 17.4. The number of nitrogens with zero attached hydrogens (tertiary/aromatic N) is 3. The molecule has 17 heteroatoms. The van der Waals surface area contributed by atoms with Gasteiger partial charge in [-0.25, -0.2) is 10.1 Å². The zero-order valence-electron chi connectivity index (χ0n) is 15.0. The van der Waals surface area contributed by atoms with Gasteiger partial charge in [-0.3, -0.25) is 9.59 Å². The SMILES string of the molecule is NC(CC(=O)O)C(=O)O.NC(N)=Nc1nc(CSCCC(N)=NS(N)(=O)=O)cs1. The van der Waals surface area contributed by atoms with E-state index in [1.165, 1.54) is 23.1 Å². The summed E-state index contributed by atoms with van der Waals surface area (Å²) in [5, 5.41) is 23.1. The fraction of sp³-hybridized carbons (Fsp3) is 0.417. The van der Waals surface area contributed by atoms with Crippen molar-refractivity contribution in [3.8, 4) is 0 Å². The van der Waals surface area contributed by atoms with E-state index in [2.05, 4.69) is 14.4 Å². The molecule has 14 nitrogen and oxygen atoms in total. The number of nitrogens with two attached hydrogens (primary N) is 5. The van der Waals surface area contributed by atoms with E-state index in [-0.39, 0.29) is 11.8 Å². The van der Waals surface area contributed by atoms with Crippen molar-refractivity contribution in [2.45, 2.75) is 24.6 Å². The van der Waals surface area contributed by atoms with E-state index in [0.717, 1.165) is 5.69 Å². The molecule has 1 rings (SSSR count). The molecule has 0 radical (unpaired) electrons. The monoisotopic (exact) mass is 470 g/mol. The summed E-state index contributed by atoms with van der Waals surface area (Å²) >= 11 is 2.86. The predicted octanol–water partition coefficient (Wildman–Crippen LogP) is -1.89. The lowest BCUT2D eigenvalue weighted by Gasteiger charge is -1.99. The van der Waals surface area contributed by atoms with Crippen LogP contribution in [0.2, 0.25) is 0 Å². The van der Waals surface area contributed by atoms with Gasteiger partial charge in [0.2, 0.25) is 5.13 Å². The number of carboxylic acids is 2. The molecule has 29 heavy (non-hydrogen) atoms. The Kier molecular flexibility index (Phi) is 11.8. The molecular formula is C12H22N8O6S3. The van der Waals surface area contributed by atoms with Crippen LogP contribution in [0.15, 0.2) is 14.8 Å². The maximum Gasteiger partial charge on any atom is 0.321 e. The number of thiazole rings is 1. The molecule has 1 unspecified atom stereocenters. The van der Waals surface area contributed by atoms with Gasteiger partial charge in [-0.15, -0.1) is 15.7 Å². The van der Waals surface area contributed by atoms with Crippen molar-refractivity contribution in [3.05, 3.63) is 11.1 Å². The van der Waals surface area contributed by atoms with Gasteiger partial charge in [-0.2, -0.15) is 25.2 Å². The number of hydrogen-bond donors (Lipinski definition) is 7. The molecule has 1 heterocycles. The molecule has 1 atom stereocenters. The fourth-order valence-corrected chi connectivity index (χ4v) is 3.45. The molecule has 1 aromatic heterocycles. The second kappa shape index (κ2) is 12.9. The number of hydrogen-bond acceptors (Lipinski definition) is 9. The van der Waals surface area contributed by atoms with E-state index in [1.807, 2.05) is 5.38 Å². The van der Waals surface area contributed by atoms with Crippen molar-refractivity contribution in [1.29, 1.82) is 0 Å². The van der Waals surface area contributed by atoms with Crippen LogP contribution < -0.4 is 28.1 Å². The highest BCUT2D eigenvalue weighted by atomic mass is 32.2. The summed E-state index contributed by atoms with van der Waals surface area (Å²) in [6.07, 6.45) is -0.207. The summed E-state index contributed by atoms with van der Waals surface area (Å²) in [4.78, 5) is 27.6. The summed E-state index contributed by atoms with van der Waals surface area (Å²) in [5.74, 6) is -1.31. The highest BCUT2D eigenvalue weighted by Crippen LogP contribution is 2.21. The van der Waals surface area contributed by atoms with Gasteiger partial charge in [-0.1, -0.05) is 0 Å². The number of aliphatic carboxylic acids is 2. The quantitative estimate of drug-likeness (QED) is 0.112. The van der Waals surface area contributed by atoms with Crippen LogP contribution in [0.3, 0.4) is 0 Å². The molecule has 0 amide bonds. The second-order valence-electron chi connectivity index (χ2n) is 5.10. The number of thioether (sulfide) groups is 1. The van der Waals surface area contributed by atoms with Gasteiger partial charge in [0.1, 0.15) is 11.9 Å². The Balaban J connectivity index is 0.000000734. The molecule has 0 fully saturated rings. The lowest BCUT2D eigenvalue weighted by molar-refractivity contribution is -0.144. The summed E-state index contributed by atoms with van der Waals surface area (Å²) < 4.78 is 24.5. The lowest BCUT2D eigenvalue weighted by Crippen LogP contribution is -2.32. The summed E-state index contributed by atoms with van der Waals surface area (Å²) in [5.41, 5.74) is 21.6. The molecule has 0 saturated carbocycles. The van der Waals surface area contributed by atoms with Crippen LogP contribution in [0.5, 0.6) is 0 Å². The molecule has 1 aromatic rings. The van der Waals surface area contributed by atoms with Gasteiger partial charge in [0.05, 0.1) is 12.1 Å². The molecule has 0 saturated heterocycles. The van der Waals surface area contributed by atoms with Gasteiger partial charge in [0, 0.05) is 23.3 Å². The van der Waals surface area contributed by atoms with Crippen LogP contribution in [-0.4, -0.2) is 59.1 Å². The van der Waals surface area contributed by atoms with Crippen molar-refractivity contribution in [2.75, 3.05) is 5.75 Å². The van der Waals surface area contributed by atoms with Crippen molar-refractivity contribution in [3.63, 3.8) is 0 Å². The maximum atomic E-state index is 10.6. The Morgan fingerprint density at radius 3 is 2.34 bits per heavy atom. The van der Waals surface area contributed by atoms with Crippen LogP contribution in [0.4, 0.5) is 5.13 Å². The van der Waals surface area contributed by atoms with E-state index in [9.17, 15) is 18.0 Å². The minimum Gasteiger partial charge on any atom is -0.481 e. The highest BCUT2D eigenvalue weighted by Gasteiger charge is 2.14. The minimum absolute atomic E-state index is 0.0144. The molecule has 164 valence electrons. The number of rotatable bonds is 10. The van der Waals surface area contributed by atoms with E-state index < -0.39 is 34.6 Å². The van der Waals surface area contributed by atoms with Gasteiger partial charge in [0.15, 0.2) is 5.96 Å². The Morgan fingerprint density at radius 2 is 1.90 bits per heavy atom. The fourth-order valence-electron chi connectivity index (χ4n) is 1.36. The van der Waals surface area contributed by atoms with E-state index in [4.69, 9.17) is 38.3 Å². The van der Waals surface area contributed by atoms with Gasteiger partial charge < -0.3 is 33.1 Å². The Bertz CT molecular complexity index is 850. The second-order valence-corrected chi connectivity index (χ2v) is 8.26. The standard InChI is InChI=1S/C8H15N7O2S3.C4H7NO4/c9-6(15-20(12,16)17)1-2-18-3-5-4-19-8(13-5)14-7(10)11;5-2(4(8)9)1-3(6)7/h4H,1-3H2,(H2,9,15)(H2,12,16,17)(H4,10,11,13,14);2H,1,5H2,(H,6,7)(H,8,9). The van der Waals surface area contributed by atoms with E-state index in [1.54, 1.807) is 0 Å². The van der Waals surface area contributed by atoms with Crippen molar-refractivity contribution >= 4 is 62.2 Å². The number of aliphatic imine (C=N–C) groups is 1. The number of amidine groups is 1. The largest absolute Gasteiger partial charge is 0.481 e. The summed E-state index contributed by atoms with van der Waals surface area (Å²) in [6.45, 7) is 0. The number of guanidine groups is 1. The Hall–Kier alpha value is -2.47. The molecule has 0 spiro atoms. The molecule has 0 aliphatic heterocycles. The van der Waals surface area contributed by atoms with Gasteiger partial charge in [-0.05, 0) is 0 Å². The predicted molar refractivity (Wildman–Crippen MR) is 111 cm³/mol. The van der Waals surface area contributed by atoms with Crippen LogP contribution >= 0.6 is 23.1 Å². The van der Waals surface area contributed by atoms with Crippen molar-refractivity contribution in [2.24, 2.45) is 37.5 Å². The molecule has 0 aliphatic rings. The third kappa shape index (κ3) is 15.2. The molecule has 0 bridgehead atoms. The first-order valence-corrected chi connectivity index (χ1v) is 11.0. The number of carboxylic acid groups (broad SMARTS) is 2. The average molecular weight is 471 g/mol. The summed E-state index contributed by atoms with van der Waals surface area (Å²) in [7, 11) is -3.92. The van der Waals surface area contributed by atoms with E-state index >= 15 is 0 Å². The number of carbonyl (C=O) groups is 2. The smallest absolute Gasteiger partial charge is 0.321 e. The lowest BCUT2D eigenvalue weighted by atomic mass is 10.2. The minimum atomic E-state index is -3.92. The normalized spacial score (nSPS) is 12.4. The Labute approximate surface area is 174 Å².